The maximum atomic E-state index is 12.5. The Morgan fingerprint density at radius 2 is 1.62 bits per heavy atom. The normalized spacial score (nSPS) is 21.7. The fraction of sp³-hybridized carbons (Fsp3) is 0.562. The average Bonchev–Trinajstić information content (AvgIpc) is 2.59. The summed E-state index contributed by atoms with van der Waals surface area (Å²) in [4.78, 5) is 11.1. The second-order valence-corrected chi connectivity index (χ2v) is 10.6. The summed E-state index contributed by atoms with van der Waals surface area (Å²) in [5.74, 6) is -1.10. The molecule has 1 aliphatic rings. The number of halogens is 3. The molecule has 29 heavy (non-hydrogen) atoms. The first kappa shape index (κ1) is 23.6. The van der Waals surface area contributed by atoms with Crippen molar-refractivity contribution in [2.24, 2.45) is 0 Å². The molecule has 0 saturated carbocycles. The van der Waals surface area contributed by atoms with Gasteiger partial charge in [0.15, 0.2) is 0 Å². The van der Waals surface area contributed by atoms with Crippen molar-refractivity contribution >= 4 is 25.8 Å². The van der Waals surface area contributed by atoms with Gasteiger partial charge in [0, 0.05) is 25.2 Å². The van der Waals surface area contributed by atoms with E-state index in [1.807, 2.05) is 0 Å². The molecule has 0 bridgehead atoms. The first-order chi connectivity index (χ1) is 13.2. The zero-order valence-electron chi connectivity index (χ0n) is 15.6. The Kier molecular flexibility index (Phi) is 6.97. The first-order valence-electron chi connectivity index (χ1n) is 8.57. The van der Waals surface area contributed by atoms with Gasteiger partial charge in [0.25, 0.3) is 15.7 Å². The van der Waals surface area contributed by atoms with Crippen molar-refractivity contribution in [2.45, 2.75) is 36.5 Å². The van der Waals surface area contributed by atoms with Crippen LogP contribution in [-0.4, -0.2) is 70.2 Å². The number of benzene rings is 1. The molecule has 0 radical (unpaired) electrons. The fourth-order valence-corrected chi connectivity index (χ4v) is 5.06. The number of morpholine rings is 1. The van der Waals surface area contributed by atoms with Gasteiger partial charge < -0.3 is 10.1 Å². The van der Waals surface area contributed by atoms with E-state index in [0.29, 0.717) is 12.1 Å². The van der Waals surface area contributed by atoms with Crippen molar-refractivity contribution in [1.82, 2.24) is 9.62 Å². The van der Waals surface area contributed by atoms with E-state index in [4.69, 9.17) is 4.74 Å². The van der Waals surface area contributed by atoms with Crippen LogP contribution >= 0.6 is 0 Å². The number of sulfone groups is 1. The zero-order chi connectivity index (χ0) is 22.0. The van der Waals surface area contributed by atoms with Gasteiger partial charge >= 0.3 is 5.51 Å². The Morgan fingerprint density at radius 3 is 2.10 bits per heavy atom. The molecule has 1 aromatic carbocycles. The molecule has 1 aromatic rings. The molecule has 1 saturated heterocycles. The van der Waals surface area contributed by atoms with Gasteiger partial charge in [-0.05, 0) is 38.1 Å². The van der Waals surface area contributed by atoms with Crippen LogP contribution < -0.4 is 5.32 Å². The number of hydrogen-bond donors (Lipinski definition) is 1. The maximum Gasteiger partial charge on any atom is 0.501 e. The average molecular weight is 458 g/mol. The molecule has 0 aliphatic carbocycles. The number of sulfonamides is 1. The number of carbonyl (C=O) groups excluding carboxylic acids is 1. The smallest absolute Gasteiger partial charge is 0.373 e. The third-order valence-electron chi connectivity index (χ3n) is 4.16. The van der Waals surface area contributed by atoms with Crippen LogP contribution in [0.25, 0.3) is 0 Å². The van der Waals surface area contributed by atoms with Crippen LogP contribution in [-0.2, 0) is 24.6 Å². The van der Waals surface area contributed by atoms with Gasteiger partial charge in [-0.25, -0.2) is 16.8 Å². The summed E-state index contributed by atoms with van der Waals surface area (Å²) < 4.78 is 91.7. The van der Waals surface area contributed by atoms with Gasteiger partial charge in [-0.2, -0.15) is 17.5 Å². The van der Waals surface area contributed by atoms with Gasteiger partial charge in [-0.3, -0.25) is 4.79 Å². The lowest BCUT2D eigenvalue weighted by atomic mass is 10.2. The predicted molar refractivity (Wildman–Crippen MR) is 97.4 cm³/mol. The largest absolute Gasteiger partial charge is 0.501 e. The minimum atomic E-state index is -5.50. The van der Waals surface area contributed by atoms with Crippen LogP contribution in [0.4, 0.5) is 13.2 Å². The van der Waals surface area contributed by atoms with Gasteiger partial charge in [-0.1, -0.05) is 0 Å². The van der Waals surface area contributed by atoms with E-state index in [-0.39, 0.29) is 43.2 Å². The molecule has 8 nitrogen and oxygen atoms in total. The lowest BCUT2D eigenvalue weighted by Crippen LogP contribution is -2.49. The van der Waals surface area contributed by atoms with E-state index in [9.17, 15) is 34.8 Å². The molecular weight excluding hydrogens is 437 g/mol. The topological polar surface area (TPSA) is 110 Å². The minimum Gasteiger partial charge on any atom is -0.373 e. The molecule has 164 valence electrons. The highest BCUT2D eigenvalue weighted by atomic mass is 32.2. The number of amides is 1. The van der Waals surface area contributed by atoms with Crippen molar-refractivity contribution in [3.8, 4) is 0 Å². The monoisotopic (exact) mass is 458 g/mol. The first-order valence-corrected chi connectivity index (χ1v) is 11.7. The van der Waals surface area contributed by atoms with Gasteiger partial charge in [0.1, 0.15) is 0 Å². The van der Waals surface area contributed by atoms with Crippen LogP contribution in [0, 0.1) is 0 Å². The Balaban J connectivity index is 1.96. The number of rotatable bonds is 6. The van der Waals surface area contributed by atoms with E-state index in [0.717, 1.165) is 12.1 Å². The molecule has 0 spiro atoms. The predicted octanol–water partition coefficient (Wildman–Crippen LogP) is 1.15. The Labute approximate surface area is 167 Å². The number of hydrogen-bond acceptors (Lipinski definition) is 6. The van der Waals surface area contributed by atoms with Crippen LogP contribution in [0.3, 0.4) is 0 Å². The third kappa shape index (κ3) is 5.68. The lowest BCUT2D eigenvalue weighted by Gasteiger charge is -2.34. The number of nitrogens with zero attached hydrogens (tertiary/aromatic N) is 1. The van der Waals surface area contributed by atoms with Gasteiger partial charge in [0.05, 0.1) is 22.9 Å². The van der Waals surface area contributed by atoms with Crippen molar-refractivity contribution in [1.29, 1.82) is 0 Å². The van der Waals surface area contributed by atoms with Crippen LogP contribution in [0.15, 0.2) is 29.2 Å². The molecule has 0 aromatic heterocycles. The zero-order valence-corrected chi connectivity index (χ0v) is 17.3. The van der Waals surface area contributed by atoms with Crippen LogP contribution in [0.2, 0.25) is 0 Å². The van der Waals surface area contributed by atoms with E-state index in [2.05, 4.69) is 5.32 Å². The number of carbonyl (C=O) groups is 1. The molecule has 1 amide bonds. The summed E-state index contributed by atoms with van der Waals surface area (Å²) in [6.07, 6.45) is -0.510. The van der Waals surface area contributed by atoms with Gasteiger partial charge in [-0.15, -0.1) is 0 Å². The molecule has 13 heteroatoms. The standard InChI is InChI=1S/C16H21F3N2O6S2/c1-11-9-21(10-12(2)27-11)28(23,24)8-7-20-15(22)13-3-5-14(6-4-13)29(25,26)16(17,18)19/h3-6,11-12H,7-10H2,1-2H3,(H,20,22). The van der Waals surface area contributed by atoms with Crippen molar-refractivity contribution in [3.63, 3.8) is 0 Å². The second-order valence-electron chi connectivity index (χ2n) is 6.62. The minimum absolute atomic E-state index is 0.0999. The highest BCUT2D eigenvalue weighted by Crippen LogP contribution is 2.30. The number of alkyl halides is 3. The highest BCUT2D eigenvalue weighted by Gasteiger charge is 2.46. The third-order valence-corrected chi connectivity index (χ3v) is 7.46. The lowest BCUT2D eigenvalue weighted by molar-refractivity contribution is -0.0442. The SMILES string of the molecule is CC1CN(S(=O)(=O)CCNC(=O)c2ccc(S(=O)(=O)C(F)(F)F)cc2)CC(C)O1. The Morgan fingerprint density at radius 1 is 1.10 bits per heavy atom. The van der Waals surface area contributed by atoms with Crippen LogP contribution in [0.5, 0.6) is 0 Å². The summed E-state index contributed by atoms with van der Waals surface area (Å²) in [6, 6.07) is 3.19. The van der Waals surface area contributed by atoms with Crippen molar-refractivity contribution in [2.75, 3.05) is 25.4 Å². The molecule has 2 rings (SSSR count). The molecule has 2 atom stereocenters. The highest BCUT2D eigenvalue weighted by molar-refractivity contribution is 7.92. The van der Waals surface area contributed by atoms with E-state index >= 15 is 0 Å². The summed E-state index contributed by atoms with van der Waals surface area (Å²) >= 11 is 0. The molecule has 1 N–H and O–H groups in total. The van der Waals surface area contributed by atoms with Crippen molar-refractivity contribution < 1.29 is 39.5 Å². The summed E-state index contributed by atoms with van der Waals surface area (Å²) in [6.45, 7) is 3.70. The van der Waals surface area contributed by atoms with E-state index in [1.54, 1.807) is 13.8 Å². The van der Waals surface area contributed by atoms with E-state index in [1.165, 1.54) is 4.31 Å². The Bertz CT molecular complexity index is 936. The molecular formula is C16H21F3N2O6S2. The number of ether oxygens (including phenoxy) is 1. The molecule has 1 fully saturated rings. The van der Waals surface area contributed by atoms with Crippen molar-refractivity contribution in [3.05, 3.63) is 29.8 Å². The fourth-order valence-electron chi connectivity index (χ4n) is 2.80. The summed E-state index contributed by atoms with van der Waals surface area (Å²) in [7, 11) is -9.14. The van der Waals surface area contributed by atoms with Gasteiger partial charge in [0.2, 0.25) is 10.0 Å². The molecule has 1 heterocycles. The number of nitrogens with one attached hydrogen (secondary N) is 1. The molecule has 1 aliphatic heterocycles. The quantitative estimate of drug-likeness (QED) is 0.685. The summed E-state index contributed by atoms with van der Waals surface area (Å²) in [5.41, 5.74) is -5.54. The molecule has 2 unspecified atom stereocenters. The van der Waals surface area contributed by atoms with Crippen LogP contribution in [0.1, 0.15) is 24.2 Å². The Hall–Kier alpha value is -1.70. The van der Waals surface area contributed by atoms with E-state index < -0.39 is 36.2 Å². The second kappa shape index (κ2) is 8.58. The summed E-state index contributed by atoms with van der Waals surface area (Å²) in [5, 5.41) is 2.36. The maximum absolute atomic E-state index is 12.5.